The van der Waals surface area contributed by atoms with E-state index >= 15 is 0 Å². The Balaban J connectivity index is 2.20. The van der Waals surface area contributed by atoms with Gasteiger partial charge in [-0.3, -0.25) is 0 Å². The predicted octanol–water partition coefficient (Wildman–Crippen LogP) is 3.05. The fourth-order valence-electron chi connectivity index (χ4n) is 1.43. The van der Waals surface area contributed by atoms with E-state index in [9.17, 15) is 4.79 Å². The van der Waals surface area contributed by atoms with Crippen LogP contribution in [0, 0.1) is 0 Å². The molecule has 0 unspecified atom stereocenters. The van der Waals surface area contributed by atoms with Crippen LogP contribution in [0.4, 0.5) is 0 Å². The molecule has 4 heteroatoms. The first-order chi connectivity index (χ1) is 6.50. The lowest BCUT2D eigenvalue weighted by molar-refractivity contribution is 0.0697. The van der Waals surface area contributed by atoms with Gasteiger partial charge in [0.05, 0.1) is 5.56 Å². The molecule has 0 saturated heterocycles. The standard InChI is InChI=1S/C10H8Cl2O2/c11-10(12)5-8(10)6-1-3-7(4-2-6)9(13)14/h1-4,8H,5H2,(H,13,14)/t8-/m1/s1. The molecule has 2 rings (SSSR count). The molecule has 0 radical (unpaired) electrons. The van der Waals surface area contributed by atoms with Crippen molar-refractivity contribution >= 4 is 29.2 Å². The third kappa shape index (κ3) is 1.72. The molecule has 0 bridgehead atoms. The maximum Gasteiger partial charge on any atom is 0.335 e. The summed E-state index contributed by atoms with van der Waals surface area (Å²) in [6.45, 7) is 0. The molecule has 0 heterocycles. The molecule has 0 amide bonds. The number of alkyl halides is 2. The Kier molecular flexibility index (Phi) is 2.20. The average Bonchev–Trinajstić information content (AvgIpc) is 2.75. The highest BCUT2D eigenvalue weighted by atomic mass is 35.5. The molecule has 1 saturated carbocycles. The highest BCUT2D eigenvalue weighted by molar-refractivity contribution is 6.51. The summed E-state index contributed by atoms with van der Waals surface area (Å²) in [5.74, 6) is -0.774. The predicted molar refractivity (Wildman–Crippen MR) is 55.2 cm³/mol. The molecule has 2 nitrogen and oxygen atoms in total. The highest BCUT2D eigenvalue weighted by Gasteiger charge is 2.52. The number of benzene rings is 1. The zero-order valence-electron chi connectivity index (χ0n) is 7.21. The van der Waals surface area contributed by atoms with Gasteiger partial charge in [-0.2, -0.15) is 0 Å². The minimum Gasteiger partial charge on any atom is -0.478 e. The molecular formula is C10H8Cl2O2. The molecule has 0 aliphatic heterocycles. The minimum absolute atomic E-state index is 0.147. The zero-order chi connectivity index (χ0) is 10.3. The third-order valence-electron chi connectivity index (χ3n) is 2.39. The van der Waals surface area contributed by atoms with Crippen molar-refractivity contribution in [2.45, 2.75) is 16.7 Å². The summed E-state index contributed by atoms with van der Waals surface area (Å²) >= 11 is 11.8. The van der Waals surface area contributed by atoms with Gasteiger partial charge in [0.15, 0.2) is 0 Å². The Bertz CT molecular complexity index is 370. The summed E-state index contributed by atoms with van der Waals surface area (Å²) in [4.78, 5) is 10.6. The van der Waals surface area contributed by atoms with Crippen LogP contribution >= 0.6 is 23.2 Å². The third-order valence-corrected chi connectivity index (χ3v) is 3.22. The van der Waals surface area contributed by atoms with Gasteiger partial charge >= 0.3 is 5.97 Å². The van der Waals surface area contributed by atoms with Crippen LogP contribution < -0.4 is 0 Å². The van der Waals surface area contributed by atoms with Crippen molar-refractivity contribution in [3.8, 4) is 0 Å². The lowest BCUT2D eigenvalue weighted by Crippen LogP contribution is -1.96. The topological polar surface area (TPSA) is 37.3 Å². The number of carboxylic acid groups (broad SMARTS) is 1. The van der Waals surface area contributed by atoms with Gasteiger partial charge in [-0.15, -0.1) is 23.2 Å². The first kappa shape index (κ1) is 9.81. The first-order valence-electron chi connectivity index (χ1n) is 4.22. The van der Waals surface area contributed by atoms with Gasteiger partial charge in [-0.1, -0.05) is 12.1 Å². The van der Waals surface area contributed by atoms with Crippen LogP contribution in [0.5, 0.6) is 0 Å². The van der Waals surface area contributed by atoms with Gasteiger partial charge < -0.3 is 5.11 Å². The van der Waals surface area contributed by atoms with E-state index in [1.54, 1.807) is 24.3 Å². The zero-order valence-corrected chi connectivity index (χ0v) is 8.72. The van der Waals surface area contributed by atoms with E-state index in [0.29, 0.717) is 0 Å². The summed E-state index contributed by atoms with van der Waals surface area (Å²) in [7, 11) is 0. The Morgan fingerprint density at radius 2 is 1.86 bits per heavy atom. The van der Waals surface area contributed by atoms with Crippen LogP contribution in [0.1, 0.15) is 28.3 Å². The van der Waals surface area contributed by atoms with E-state index in [0.717, 1.165) is 12.0 Å². The van der Waals surface area contributed by atoms with Crippen molar-refractivity contribution in [2.24, 2.45) is 0 Å². The summed E-state index contributed by atoms with van der Waals surface area (Å²) in [6.07, 6.45) is 0.739. The van der Waals surface area contributed by atoms with Gasteiger partial charge in [0.1, 0.15) is 4.33 Å². The fraction of sp³-hybridized carbons (Fsp3) is 0.300. The van der Waals surface area contributed by atoms with Crippen LogP contribution in [0.2, 0.25) is 0 Å². The van der Waals surface area contributed by atoms with Crippen LogP contribution in [-0.4, -0.2) is 15.4 Å². The van der Waals surface area contributed by atoms with Crippen LogP contribution in [0.25, 0.3) is 0 Å². The second-order valence-corrected chi connectivity index (χ2v) is 4.99. The molecule has 0 aromatic heterocycles. The first-order valence-corrected chi connectivity index (χ1v) is 4.97. The van der Waals surface area contributed by atoms with E-state index in [1.165, 1.54) is 0 Å². The Morgan fingerprint density at radius 3 is 2.21 bits per heavy atom. The SMILES string of the molecule is O=C(O)c1ccc([C@H]2CC2(Cl)Cl)cc1. The second-order valence-electron chi connectivity index (χ2n) is 3.44. The molecule has 1 aliphatic rings. The van der Waals surface area contributed by atoms with Gasteiger partial charge in [0.2, 0.25) is 0 Å². The Hall–Kier alpha value is -0.730. The number of carboxylic acids is 1. The second kappa shape index (κ2) is 3.14. The molecule has 14 heavy (non-hydrogen) atoms. The van der Waals surface area contributed by atoms with Crippen molar-refractivity contribution in [2.75, 3.05) is 0 Å². The molecule has 74 valence electrons. The van der Waals surface area contributed by atoms with Crippen molar-refractivity contribution in [1.29, 1.82) is 0 Å². The van der Waals surface area contributed by atoms with Gasteiger partial charge in [0.25, 0.3) is 0 Å². The van der Waals surface area contributed by atoms with Gasteiger partial charge in [-0.25, -0.2) is 4.79 Å². The number of aromatic carboxylic acids is 1. The van der Waals surface area contributed by atoms with E-state index in [1.807, 2.05) is 0 Å². The highest BCUT2D eigenvalue weighted by Crippen LogP contribution is 2.59. The van der Waals surface area contributed by atoms with Crippen molar-refractivity contribution in [3.63, 3.8) is 0 Å². The summed E-state index contributed by atoms with van der Waals surface area (Å²) in [5.41, 5.74) is 1.28. The van der Waals surface area contributed by atoms with Crippen molar-refractivity contribution < 1.29 is 9.90 Å². The largest absolute Gasteiger partial charge is 0.478 e. The van der Waals surface area contributed by atoms with Gasteiger partial charge in [-0.05, 0) is 24.1 Å². The monoisotopic (exact) mass is 230 g/mol. The Morgan fingerprint density at radius 1 is 1.36 bits per heavy atom. The fourth-order valence-corrected chi connectivity index (χ4v) is 1.99. The van der Waals surface area contributed by atoms with Crippen LogP contribution in [0.3, 0.4) is 0 Å². The summed E-state index contributed by atoms with van der Waals surface area (Å²) in [5, 5.41) is 8.68. The maximum atomic E-state index is 10.6. The van der Waals surface area contributed by atoms with Crippen LogP contribution in [-0.2, 0) is 0 Å². The summed E-state index contributed by atoms with van der Waals surface area (Å²) in [6, 6.07) is 6.67. The molecule has 1 aromatic carbocycles. The number of hydrogen-bond donors (Lipinski definition) is 1. The van der Waals surface area contributed by atoms with E-state index in [4.69, 9.17) is 28.3 Å². The smallest absolute Gasteiger partial charge is 0.335 e. The molecular weight excluding hydrogens is 223 g/mol. The average molecular weight is 231 g/mol. The number of carbonyl (C=O) groups is 1. The molecule has 1 N–H and O–H groups in total. The van der Waals surface area contributed by atoms with Crippen molar-refractivity contribution in [3.05, 3.63) is 35.4 Å². The Labute approximate surface area is 91.4 Å². The molecule has 0 spiro atoms. The van der Waals surface area contributed by atoms with E-state index < -0.39 is 10.3 Å². The number of hydrogen-bond acceptors (Lipinski definition) is 1. The number of halogens is 2. The molecule has 1 atom stereocenters. The molecule has 1 aromatic rings. The minimum atomic E-state index is -0.921. The maximum absolute atomic E-state index is 10.6. The normalized spacial score (nSPS) is 23.1. The van der Waals surface area contributed by atoms with E-state index in [2.05, 4.69) is 0 Å². The number of rotatable bonds is 2. The lowest BCUT2D eigenvalue weighted by Gasteiger charge is -2.01. The molecule has 1 aliphatic carbocycles. The lowest BCUT2D eigenvalue weighted by atomic mass is 10.1. The van der Waals surface area contributed by atoms with E-state index in [-0.39, 0.29) is 11.5 Å². The molecule has 1 fully saturated rings. The van der Waals surface area contributed by atoms with Crippen molar-refractivity contribution in [1.82, 2.24) is 0 Å². The summed E-state index contributed by atoms with van der Waals surface area (Å²) < 4.78 is -0.648. The van der Waals surface area contributed by atoms with Crippen LogP contribution in [0.15, 0.2) is 24.3 Å². The quantitative estimate of drug-likeness (QED) is 0.794. The van der Waals surface area contributed by atoms with Gasteiger partial charge in [0, 0.05) is 5.92 Å².